The van der Waals surface area contributed by atoms with Gasteiger partial charge in [-0.3, -0.25) is 9.69 Å². The van der Waals surface area contributed by atoms with Gasteiger partial charge in [-0.2, -0.15) is 0 Å². The van der Waals surface area contributed by atoms with Gasteiger partial charge in [-0.15, -0.1) is 0 Å². The highest BCUT2D eigenvalue weighted by molar-refractivity contribution is 5.96. The number of urea groups is 1. The van der Waals surface area contributed by atoms with E-state index in [1.165, 1.54) is 15.9 Å². The third kappa shape index (κ3) is 5.09. The molecule has 1 aliphatic carbocycles. The maximum atomic E-state index is 13.5. The summed E-state index contributed by atoms with van der Waals surface area (Å²) in [6, 6.07) is 2.91. The maximum Gasteiger partial charge on any atom is 0.325 e. The molecule has 2 heterocycles. The number of carbonyl (C=O) groups excluding carboxylic acids is 2. The van der Waals surface area contributed by atoms with Crippen molar-refractivity contribution >= 4 is 17.6 Å². The Labute approximate surface area is 182 Å². The first-order valence-electron chi connectivity index (χ1n) is 10.3. The highest BCUT2D eigenvalue weighted by Gasteiger charge is 2.32. The van der Waals surface area contributed by atoms with Crippen LogP contribution in [0.3, 0.4) is 0 Å². The van der Waals surface area contributed by atoms with Crippen LogP contribution in [0.4, 0.5) is 23.7 Å². The fraction of sp³-hybridized carbons (Fsp3) is 0.429. The van der Waals surface area contributed by atoms with Crippen molar-refractivity contribution in [2.24, 2.45) is 0 Å². The van der Waals surface area contributed by atoms with Crippen molar-refractivity contribution in [1.82, 2.24) is 20.2 Å². The monoisotopic (exact) mass is 449 g/mol. The summed E-state index contributed by atoms with van der Waals surface area (Å²) in [5.74, 6) is -2.83. The number of carbonyl (C=O) groups is 2. The lowest BCUT2D eigenvalue weighted by molar-refractivity contribution is -0.122. The van der Waals surface area contributed by atoms with Gasteiger partial charge >= 0.3 is 12.0 Å². The molecule has 2 fully saturated rings. The summed E-state index contributed by atoms with van der Waals surface area (Å²) in [4.78, 5) is 35.3. The van der Waals surface area contributed by atoms with E-state index in [0.717, 1.165) is 24.5 Å². The Hall–Kier alpha value is -3.37. The Kier molecular flexibility index (Phi) is 6.42. The summed E-state index contributed by atoms with van der Waals surface area (Å²) < 4.78 is 45.1. The molecular weight excluding hydrogens is 427 g/mol. The number of nitrogens with one attached hydrogen (secondary N) is 1. The minimum atomic E-state index is -1.03. The third-order valence-corrected chi connectivity index (χ3v) is 5.55. The molecule has 8 nitrogen and oxygen atoms in total. The summed E-state index contributed by atoms with van der Waals surface area (Å²) in [7, 11) is 0. The Morgan fingerprint density at radius 3 is 2.47 bits per heavy atom. The van der Waals surface area contributed by atoms with E-state index in [1.54, 1.807) is 0 Å². The standard InChI is InChI=1S/C21H22F3N5O3/c22-13-10-25-20(26-11-13)32-16-4-1-14(2-5-16)27-19(30)12-28-7-8-29(21(28)31)15-3-6-17(23)18(24)9-15/h3,6,9-11,14,16H,1-2,4-5,7-8,12H2,(H,27,30). The van der Waals surface area contributed by atoms with Gasteiger partial charge in [-0.05, 0) is 37.8 Å². The van der Waals surface area contributed by atoms with E-state index < -0.39 is 23.5 Å². The molecule has 1 aromatic carbocycles. The zero-order valence-electron chi connectivity index (χ0n) is 17.1. The molecule has 0 unspecified atom stereocenters. The number of nitrogens with zero attached hydrogens (tertiary/aromatic N) is 4. The van der Waals surface area contributed by atoms with Crippen molar-refractivity contribution in [2.75, 3.05) is 24.5 Å². The molecule has 32 heavy (non-hydrogen) atoms. The number of amides is 3. The molecule has 0 bridgehead atoms. The summed E-state index contributed by atoms with van der Waals surface area (Å²) in [5, 5.41) is 2.93. The van der Waals surface area contributed by atoms with Crippen LogP contribution in [0.15, 0.2) is 30.6 Å². The molecular formula is C21H22F3N5O3. The summed E-state index contributed by atoms with van der Waals surface area (Å²) in [6.45, 7) is 0.480. The molecule has 2 aliphatic rings. The molecule has 3 amide bonds. The maximum absolute atomic E-state index is 13.5. The molecule has 0 atom stereocenters. The van der Waals surface area contributed by atoms with Gasteiger partial charge in [-0.1, -0.05) is 0 Å². The molecule has 0 radical (unpaired) electrons. The summed E-state index contributed by atoms with van der Waals surface area (Å²) in [5.41, 5.74) is 0.250. The molecule has 1 aliphatic heterocycles. The van der Waals surface area contributed by atoms with Crippen LogP contribution in [0.2, 0.25) is 0 Å². The highest BCUT2D eigenvalue weighted by atomic mass is 19.2. The second-order valence-electron chi connectivity index (χ2n) is 7.80. The van der Waals surface area contributed by atoms with Crippen molar-refractivity contribution in [1.29, 1.82) is 0 Å². The fourth-order valence-corrected chi connectivity index (χ4v) is 3.90. The molecule has 1 saturated carbocycles. The molecule has 170 valence electrons. The summed E-state index contributed by atoms with van der Waals surface area (Å²) in [6.07, 6.45) is 4.71. The van der Waals surface area contributed by atoms with Gasteiger partial charge in [-0.25, -0.2) is 27.9 Å². The fourth-order valence-electron chi connectivity index (χ4n) is 3.90. The van der Waals surface area contributed by atoms with E-state index in [4.69, 9.17) is 4.74 Å². The number of hydrogen-bond donors (Lipinski definition) is 1. The SMILES string of the molecule is O=C(CN1CCN(c2ccc(F)c(F)c2)C1=O)NC1CCC(Oc2ncc(F)cn2)CC1. The topological polar surface area (TPSA) is 87.7 Å². The van der Waals surface area contributed by atoms with E-state index >= 15 is 0 Å². The summed E-state index contributed by atoms with van der Waals surface area (Å²) >= 11 is 0. The van der Waals surface area contributed by atoms with Crippen LogP contribution < -0.4 is 15.0 Å². The van der Waals surface area contributed by atoms with Crippen LogP contribution in [0.1, 0.15) is 25.7 Å². The smallest absolute Gasteiger partial charge is 0.325 e. The van der Waals surface area contributed by atoms with Crippen molar-refractivity contribution in [3.8, 4) is 6.01 Å². The largest absolute Gasteiger partial charge is 0.460 e. The lowest BCUT2D eigenvalue weighted by Crippen LogP contribution is -2.45. The van der Waals surface area contributed by atoms with Crippen molar-refractivity contribution in [3.63, 3.8) is 0 Å². The van der Waals surface area contributed by atoms with Crippen LogP contribution in [0.25, 0.3) is 0 Å². The number of halogens is 3. The van der Waals surface area contributed by atoms with Crippen molar-refractivity contribution < 1.29 is 27.5 Å². The second-order valence-corrected chi connectivity index (χ2v) is 7.80. The van der Waals surface area contributed by atoms with Gasteiger partial charge in [0.05, 0.1) is 12.4 Å². The number of aromatic nitrogens is 2. The van der Waals surface area contributed by atoms with Crippen LogP contribution in [-0.2, 0) is 4.79 Å². The lowest BCUT2D eigenvalue weighted by atomic mass is 9.93. The van der Waals surface area contributed by atoms with Crippen molar-refractivity contribution in [2.45, 2.75) is 37.8 Å². The number of rotatable bonds is 6. The molecule has 2 aromatic rings. The average molecular weight is 449 g/mol. The second kappa shape index (κ2) is 9.41. The predicted octanol–water partition coefficient (Wildman–Crippen LogP) is 2.64. The van der Waals surface area contributed by atoms with Gasteiger partial charge in [0.15, 0.2) is 17.5 Å². The number of anilines is 1. The van der Waals surface area contributed by atoms with E-state index in [9.17, 15) is 22.8 Å². The predicted molar refractivity (Wildman–Crippen MR) is 107 cm³/mol. The molecule has 0 spiro atoms. The molecule has 1 aromatic heterocycles. The minimum Gasteiger partial charge on any atom is -0.460 e. The molecule has 1 saturated heterocycles. The zero-order valence-corrected chi connectivity index (χ0v) is 17.1. The minimum absolute atomic E-state index is 0.0449. The first-order chi connectivity index (χ1) is 15.4. The van der Waals surface area contributed by atoms with Crippen molar-refractivity contribution in [3.05, 3.63) is 48.0 Å². The van der Waals surface area contributed by atoms with Crippen LogP contribution >= 0.6 is 0 Å². The van der Waals surface area contributed by atoms with E-state index in [2.05, 4.69) is 15.3 Å². The quantitative estimate of drug-likeness (QED) is 0.733. The van der Waals surface area contributed by atoms with Gasteiger partial charge < -0.3 is 15.0 Å². The third-order valence-electron chi connectivity index (χ3n) is 5.55. The average Bonchev–Trinajstić information content (AvgIpc) is 3.13. The molecule has 11 heteroatoms. The first-order valence-corrected chi connectivity index (χ1v) is 10.3. The Morgan fingerprint density at radius 1 is 1.06 bits per heavy atom. The Bertz CT molecular complexity index is 983. The lowest BCUT2D eigenvalue weighted by Gasteiger charge is -2.29. The normalized spacial score (nSPS) is 21.0. The van der Waals surface area contributed by atoms with Gasteiger partial charge in [0.25, 0.3) is 0 Å². The van der Waals surface area contributed by atoms with Crippen LogP contribution in [-0.4, -0.2) is 58.6 Å². The van der Waals surface area contributed by atoms with Crippen LogP contribution in [0.5, 0.6) is 6.01 Å². The number of ether oxygens (including phenoxy) is 1. The molecule has 4 rings (SSSR count). The van der Waals surface area contributed by atoms with Gasteiger partial charge in [0, 0.05) is 30.9 Å². The first kappa shape index (κ1) is 21.8. The Balaban J connectivity index is 1.22. The van der Waals surface area contributed by atoms with Crippen LogP contribution in [0, 0.1) is 17.5 Å². The van der Waals surface area contributed by atoms with E-state index in [0.29, 0.717) is 32.2 Å². The molecule has 1 N–H and O–H groups in total. The highest BCUT2D eigenvalue weighted by Crippen LogP contribution is 2.24. The van der Waals surface area contributed by atoms with E-state index in [-0.39, 0.29) is 42.8 Å². The number of benzene rings is 1. The number of hydrogen-bond acceptors (Lipinski definition) is 5. The van der Waals surface area contributed by atoms with E-state index in [1.807, 2.05) is 0 Å². The van der Waals surface area contributed by atoms with Gasteiger partial charge in [0.1, 0.15) is 12.6 Å². The zero-order chi connectivity index (χ0) is 22.7. The Morgan fingerprint density at radius 2 is 1.78 bits per heavy atom. The van der Waals surface area contributed by atoms with Gasteiger partial charge in [0.2, 0.25) is 5.91 Å².